The van der Waals surface area contributed by atoms with E-state index in [1.807, 2.05) is 31.2 Å². The van der Waals surface area contributed by atoms with Crippen LogP contribution in [0.4, 0.5) is 10.5 Å². The monoisotopic (exact) mass is 264 g/mol. The lowest BCUT2D eigenvalue weighted by Gasteiger charge is -2.23. The summed E-state index contributed by atoms with van der Waals surface area (Å²) in [6, 6.07) is 6.12. The van der Waals surface area contributed by atoms with Crippen LogP contribution in [0.2, 0.25) is 0 Å². The molecular formula is C14H20N2O3. The lowest BCUT2D eigenvalue weighted by atomic mass is 10.1. The molecule has 0 saturated heterocycles. The van der Waals surface area contributed by atoms with Gasteiger partial charge in [-0.15, -0.1) is 0 Å². The Morgan fingerprint density at radius 3 is 2.16 bits per heavy atom. The Labute approximate surface area is 113 Å². The number of carboxylic acid groups (broad SMARTS) is 1. The first kappa shape index (κ1) is 15.0. The first-order valence-electron chi connectivity index (χ1n) is 6.16. The molecule has 0 aromatic heterocycles. The van der Waals surface area contributed by atoms with Gasteiger partial charge in [0.1, 0.15) is 6.04 Å². The van der Waals surface area contributed by atoms with E-state index in [1.165, 1.54) is 4.90 Å². The molecule has 1 rings (SSSR count). The maximum Gasteiger partial charge on any atom is 0.326 e. The number of aryl methyl sites for hydroxylation is 1. The first-order chi connectivity index (χ1) is 8.82. The zero-order valence-corrected chi connectivity index (χ0v) is 11.7. The number of aliphatic carboxylic acids is 1. The van der Waals surface area contributed by atoms with Crippen molar-refractivity contribution in [3.63, 3.8) is 0 Å². The number of amides is 2. The molecule has 0 saturated carbocycles. The number of carboxylic acids is 1. The standard InChI is InChI=1S/C14H20N2O3/c1-9(2)12(13(17)18)15-14(19)16(4)11-7-5-10(3)6-8-11/h5-9,12H,1-4H3,(H,15,19)(H,17,18). The molecule has 1 aromatic carbocycles. The Kier molecular flexibility index (Phi) is 4.92. The molecule has 2 amide bonds. The van der Waals surface area contributed by atoms with Crippen LogP contribution in [0.15, 0.2) is 24.3 Å². The molecule has 5 heteroatoms. The number of rotatable bonds is 4. The van der Waals surface area contributed by atoms with Gasteiger partial charge in [0.2, 0.25) is 0 Å². The Morgan fingerprint density at radius 1 is 1.21 bits per heavy atom. The normalized spacial score (nSPS) is 12.1. The highest BCUT2D eigenvalue weighted by molar-refractivity contribution is 5.94. The highest BCUT2D eigenvalue weighted by atomic mass is 16.4. The summed E-state index contributed by atoms with van der Waals surface area (Å²) in [6.45, 7) is 5.47. The van der Waals surface area contributed by atoms with Gasteiger partial charge in [0.15, 0.2) is 0 Å². The fourth-order valence-corrected chi connectivity index (χ4v) is 1.63. The molecule has 0 fully saturated rings. The first-order valence-corrected chi connectivity index (χ1v) is 6.16. The van der Waals surface area contributed by atoms with Crippen LogP contribution in [0.25, 0.3) is 0 Å². The molecule has 104 valence electrons. The molecule has 1 aromatic rings. The van der Waals surface area contributed by atoms with Gasteiger partial charge < -0.3 is 10.4 Å². The van der Waals surface area contributed by atoms with Crippen molar-refractivity contribution in [2.24, 2.45) is 5.92 Å². The van der Waals surface area contributed by atoms with E-state index >= 15 is 0 Å². The smallest absolute Gasteiger partial charge is 0.326 e. The van der Waals surface area contributed by atoms with Gasteiger partial charge in [0.05, 0.1) is 0 Å². The van der Waals surface area contributed by atoms with E-state index in [-0.39, 0.29) is 5.92 Å². The quantitative estimate of drug-likeness (QED) is 0.876. The average molecular weight is 264 g/mol. The Balaban J connectivity index is 2.77. The summed E-state index contributed by atoms with van der Waals surface area (Å²) < 4.78 is 0. The molecule has 0 radical (unpaired) electrons. The van der Waals surface area contributed by atoms with E-state index in [0.717, 1.165) is 11.3 Å². The van der Waals surface area contributed by atoms with Crippen molar-refractivity contribution in [2.45, 2.75) is 26.8 Å². The molecule has 2 N–H and O–H groups in total. The maximum atomic E-state index is 12.0. The van der Waals surface area contributed by atoms with Crippen LogP contribution in [0.1, 0.15) is 19.4 Å². The molecule has 0 aliphatic rings. The molecule has 0 bridgehead atoms. The summed E-state index contributed by atoms with van der Waals surface area (Å²) in [4.78, 5) is 24.4. The second-order valence-electron chi connectivity index (χ2n) is 4.90. The van der Waals surface area contributed by atoms with Crippen LogP contribution in [-0.2, 0) is 4.79 Å². The fourth-order valence-electron chi connectivity index (χ4n) is 1.63. The topological polar surface area (TPSA) is 69.6 Å². The van der Waals surface area contributed by atoms with Gasteiger partial charge >= 0.3 is 12.0 Å². The van der Waals surface area contributed by atoms with Crippen LogP contribution in [-0.4, -0.2) is 30.2 Å². The minimum absolute atomic E-state index is 0.173. The van der Waals surface area contributed by atoms with Gasteiger partial charge in [-0.25, -0.2) is 9.59 Å². The van der Waals surface area contributed by atoms with Gasteiger partial charge in [-0.05, 0) is 25.0 Å². The molecule has 0 spiro atoms. The molecule has 0 aliphatic carbocycles. The van der Waals surface area contributed by atoms with Crippen molar-refractivity contribution in [2.75, 3.05) is 11.9 Å². The van der Waals surface area contributed by atoms with E-state index in [9.17, 15) is 9.59 Å². The van der Waals surface area contributed by atoms with Crippen LogP contribution >= 0.6 is 0 Å². The average Bonchev–Trinajstić information content (AvgIpc) is 2.34. The minimum Gasteiger partial charge on any atom is -0.480 e. The zero-order valence-electron chi connectivity index (χ0n) is 11.7. The number of nitrogens with one attached hydrogen (secondary N) is 1. The predicted molar refractivity (Wildman–Crippen MR) is 74.4 cm³/mol. The van der Waals surface area contributed by atoms with Gasteiger partial charge in [0, 0.05) is 12.7 Å². The molecule has 5 nitrogen and oxygen atoms in total. The number of anilines is 1. The predicted octanol–water partition coefficient (Wildman–Crippen LogP) is 2.25. The number of urea groups is 1. The van der Waals surface area contributed by atoms with Crippen molar-refractivity contribution in [3.05, 3.63) is 29.8 Å². The van der Waals surface area contributed by atoms with E-state index in [4.69, 9.17) is 5.11 Å². The van der Waals surface area contributed by atoms with Gasteiger partial charge in [-0.3, -0.25) is 4.90 Å². The second kappa shape index (κ2) is 6.22. The summed E-state index contributed by atoms with van der Waals surface area (Å²) in [6.07, 6.45) is 0. The Bertz CT molecular complexity index is 454. The highest BCUT2D eigenvalue weighted by Crippen LogP contribution is 2.14. The zero-order chi connectivity index (χ0) is 14.6. The summed E-state index contributed by atoms with van der Waals surface area (Å²) in [5.41, 5.74) is 1.82. The molecular weight excluding hydrogens is 244 g/mol. The number of benzene rings is 1. The largest absolute Gasteiger partial charge is 0.480 e. The summed E-state index contributed by atoms with van der Waals surface area (Å²) >= 11 is 0. The van der Waals surface area contributed by atoms with Crippen molar-refractivity contribution in [1.82, 2.24) is 5.32 Å². The Morgan fingerprint density at radius 2 is 1.74 bits per heavy atom. The third-order valence-corrected chi connectivity index (χ3v) is 2.94. The van der Waals surface area contributed by atoms with E-state index in [2.05, 4.69) is 5.32 Å². The van der Waals surface area contributed by atoms with Crippen molar-refractivity contribution in [1.29, 1.82) is 0 Å². The Hall–Kier alpha value is -2.04. The van der Waals surface area contributed by atoms with Crippen molar-refractivity contribution in [3.8, 4) is 0 Å². The van der Waals surface area contributed by atoms with E-state index in [1.54, 1.807) is 20.9 Å². The van der Waals surface area contributed by atoms with Crippen LogP contribution in [0, 0.1) is 12.8 Å². The molecule has 1 atom stereocenters. The number of nitrogens with zero attached hydrogens (tertiary/aromatic N) is 1. The van der Waals surface area contributed by atoms with E-state index < -0.39 is 18.0 Å². The molecule has 0 heterocycles. The highest BCUT2D eigenvalue weighted by Gasteiger charge is 2.25. The third-order valence-electron chi connectivity index (χ3n) is 2.94. The number of carbonyl (C=O) groups excluding carboxylic acids is 1. The number of carbonyl (C=O) groups is 2. The lowest BCUT2D eigenvalue weighted by Crippen LogP contribution is -2.49. The van der Waals surface area contributed by atoms with E-state index in [0.29, 0.717) is 0 Å². The van der Waals surface area contributed by atoms with Gasteiger partial charge in [-0.2, -0.15) is 0 Å². The molecule has 1 unspecified atom stereocenters. The SMILES string of the molecule is Cc1ccc(N(C)C(=O)NC(C(=O)O)C(C)C)cc1. The minimum atomic E-state index is -1.03. The van der Waals surface area contributed by atoms with Crippen molar-refractivity contribution >= 4 is 17.7 Å². The van der Waals surface area contributed by atoms with Gasteiger partial charge in [0.25, 0.3) is 0 Å². The second-order valence-corrected chi connectivity index (χ2v) is 4.90. The van der Waals surface area contributed by atoms with Crippen LogP contribution in [0.3, 0.4) is 0 Å². The third kappa shape index (κ3) is 3.98. The van der Waals surface area contributed by atoms with Gasteiger partial charge in [-0.1, -0.05) is 31.5 Å². The van der Waals surface area contributed by atoms with Crippen LogP contribution < -0.4 is 10.2 Å². The molecule has 0 aliphatic heterocycles. The summed E-state index contributed by atoms with van der Waals surface area (Å²) in [5.74, 6) is -1.20. The lowest BCUT2D eigenvalue weighted by molar-refractivity contribution is -0.140. The van der Waals surface area contributed by atoms with Crippen molar-refractivity contribution < 1.29 is 14.7 Å². The number of hydrogen-bond donors (Lipinski definition) is 2. The number of hydrogen-bond acceptors (Lipinski definition) is 2. The fraction of sp³-hybridized carbons (Fsp3) is 0.429. The summed E-state index contributed by atoms with van der Waals surface area (Å²) in [7, 11) is 1.61. The van der Waals surface area contributed by atoms with Crippen LogP contribution in [0.5, 0.6) is 0 Å². The molecule has 19 heavy (non-hydrogen) atoms. The maximum absolute atomic E-state index is 12.0. The summed E-state index contributed by atoms with van der Waals surface area (Å²) in [5, 5.41) is 11.6.